The Hall–Kier alpha value is -1.81. The van der Waals surface area contributed by atoms with Crippen molar-refractivity contribution in [2.45, 2.75) is 6.92 Å². The number of aryl methyl sites for hydroxylation is 1. The highest BCUT2D eigenvalue weighted by Gasteiger charge is 2.05. The van der Waals surface area contributed by atoms with Crippen molar-refractivity contribution in [3.05, 3.63) is 41.3 Å². The van der Waals surface area contributed by atoms with Crippen LogP contribution in [-0.2, 0) is 0 Å². The average Bonchev–Trinajstić information content (AvgIpc) is 2.24. The first-order valence-electron chi connectivity index (χ1n) is 4.67. The predicted molar refractivity (Wildman–Crippen MR) is 62.7 cm³/mol. The molecule has 16 heavy (non-hydrogen) atoms. The Kier molecular flexibility index (Phi) is 2.92. The molecular formula is C11H10ClN3O. The first-order chi connectivity index (χ1) is 7.65. The summed E-state index contributed by atoms with van der Waals surface area (Å²) < 4.78 is 5.56. The van der Waals surface area contributed by atoms with Gasteiger partial charge in [0.15, 0.2) is 0 Å². The van der Waals surface area contributed by atoms with E-state index in [1.165, 1.54) is 0 Å². The molecule has 0 saturated heterocycles. The van der Waals surface area contributed by atoms with Gasteiger partial charge >= 0.3 is 0 Å². The molecule has 0 radical (unpaired) electrons. The van der Waals surface area contributed by atoms with Crippen molar-refractivity contribution in [2.75, 3.05) is 5.73 Å². The summed E-state index contributed by atoms with van der Waals surface area (Å²) in [5.74, 6) is 1.06. The summed E-state index contributed by atoms with van der Waals surface area (Å²) >= 11 is 5.69. The van der Waals surface area contributed by atoms with Gasteiger partial charge in [0.05, 0.1) is 0 Å². The minimum absolute atomic E-state index is 0.157. The number of aromatic nitrogens is 2. The fraction of sp³-hybridized carbons (Fsp3) is 0.0909. The number of nitrogen functional groups attached to an aromatic ring is 1. The van der Waals surface area contributed by atoms with E-state index in [9.17, 15) is 0 Å². The zero-order chi connectivity index (χ0) is 11.5. The molecule has 0 fully saturated rings. The zero-order valence-electron chi connectivity index (χ0n) is 8.64. The molecule has 5 heteroatoms. The van der Waals surface area contributed by atoms with Crippen LogP contribution in [0.15, 0.2) is 30.5 Å². The number of benzene rings is 1. The van der Waals surface area contributed by atoms with Crippen molar-refractivity contribution in [1.29, 1.82) is 0 Å². The Morgan fingerprint density at radius 1 is 1.38 bits per heavy atom. The summed E-state index contributed by atoms with van der Waals surface area (Å²) in [6.07, 6.45) is 1.61. The van der Waals surface area contributed by atoms with Crippen molar-refractivity contribution in [1.82, 2.24) is 9.97 Å². The van der Waals surface area contributed by atoms with Gasteiger partial charge in [0, 0.05) is 23.5 Å². The molecule has 0 bridgehead atoms. The smallest absolute Gasteiger partial charge is 0.226 e. The highest BCUT2D eigenvalue weighted by molar-refractivity contribution is 6.28. The van der Waals surface area contributed by atoms with Crippen LogP contribution in [0.25, 0.3) is 0 Å². The van der Waals surface area contributed by atoms with E-state index < -0.39 is 0 Å². The lowest BCUT2D eigenvalue weighted by atomic mass is 10.3. The van der Waals surface area contributed by atoms with Crippen LogP contribution in [0.1, 0.15) is 5.56 Å². The molecule has 0 aliphatic rings. The maximum Gasteiger partial charge on any atom is 0.226 e. The normalized spacial score (nSPS) is 10.1. The van der Waals surface area contributed by atoms with Gasteiger partial charge in [0.1, 0.15) is 5.75 Å². The molecule has 2 rings (SSSR count). The summed E-state index contributed by atoms with van der Waals surface area (Å²) in [5.41, 5.74) is 7.09. The SMILES string of the molecule is Cc1cnc(Cl)nc1Oc1cccc(N)c1. The third kappa shape index (κ3) is 2.41. The average molecular weight is 236 g/mol. The quantitative estimate of drug-likeness (QED) is 0.642. The molecule has 0 aliphatic carbocycles. The summed E-state index contributed by atoms with van der Waals surface area (Å²) in [5, 5.41) is 0.157. The Bertz CT molecular complexity index is 516. The number of nitrogens with two attached hydrogens (primary N) is 1. The highest BCUT2D eigenvalue weighted by atomic mass is 35.5. The van der Waals surface area contributed by atoms with Crippen molar-refractivity contribution >= 4 is 17.3 Å². The minimum atomic E-state index is 0.157. The molecule has 0 spiro atoms. The van der Waals surface area contributed by atoms with Gasteiger partial charge in [-0.2, -0.15) is 4.98 Å². The van der Waals surface area contributed by atoms with Gasteiger partial charge in [-0.3, -0.25) is 0 Å². The van der Waals surface area contributed by atoms with Crippen molar-refractivity contribution in [3.63, 3.8) is 0 Å². The van der Waals surface area contributed by atoms with Gasteiger partial charge in [0.2, 0.25) is 11.2 Å². The second kappa shape index (κ2) is 4.37. The van der Waals surface area contributed by atoms with Crippen LogP contribution in [0, 0.1) is 6.92 Å². The van der Waals surface area contributed by atoms with Crippen molar-refractivity contribution in [2.24, 2.45) is 0 Å². The maximum atomic E-state index is 5.69. The predicted octanol–water partition coefficient (Wildman–Crippen LogP) is 2.81. The number of halogens is 1. The molecule has 2 aromatic rings. The van der Waals surface area contributed by atoms with Crippen LogP contribution in [-0.4, -0.2) is 9.97 Å². The molecule has 82 valence electrons. The van der Waals surface area contributed by atoms with Gasteiger partial charge in [-0.05, 0) is 30.7 Å². The Morgan fingerprint density at radius 2 is 2.19 bits per heavy atom. The third-order valence-electron chi connectivity index (χ3n) is 1.97. The molecule has 1 aromatic heterocycles. The van der Waals surface area contributed by atoms with Crippen LogP contribution >= 0.6 is 11.6 Å². The summed E-state index contributed by atoms with van der Waals surface area (Å²) in [7, 11) is 0. The number of hydrogen-bond acceptors (Lipinski definition) is 4. The summed E-state index contributed by atoms with van der Waals surface area (Å²) in [6, 6.07) is 7.11. The van der Waals surface area contributed by atoms with E-state index in [1.807, 2.05) is 13.0 Å². The van der Waals surface area contributed by atoms with Crippen LogP contribution in [0.2, 0.25) is 5.28 Å². The van der Waals surface area contributed by atoms with E-state index in [4.69, 9.17) is 22.1 Å². The number of ether oxygens (including phenoxy) is 1. The molecular weight excluding hydrogens is 226 g/mol. The van der Waals surface area contributed by atoms with E-state index in [1.54, 1.807) is 24.4 Å². The molecule has 0 aliphatic heterocycles. The van der Waals surface area contributed by atoms with Crippen LogP contribution in [0.4, 0.5) is 5.69 Å². The van der Waals surface area contributed by atoms with Crippen molar-refractivity contribution in [3.8, 4) is 11.6 Å². The fourth-order valence-electron chi connectivity index (χ4n) is 1.20. The number of hydrogen-bond donors (Lipinski definition) is 1. The molecule has 0 atom stereocenters. The molecule has 2 N–H and O–H groups in total. The molecule has 0 unspecified atom stereocenters. The lowest BCUT2D eigenvalue weighted by Crippen LogP contribution is -1.94. The number of nitrogens with zero attached hydrogens (tertiary/aromatic N) is 2. The Balaban J connectivity index is 2.30. The standard InChI is InChI=1S/C11H10ClN3O/c1-7-6-14-11(12)15-10(7)16-9-4-2-3-8(13)5-9/h2-6H,13H2,1H3. The molecule has 0 saturated carbocycles. The number of rotatable bonds is 2. The van der Waals surface area contributed by atoms with E-state index >= 15 is 0 Å². The first kappa shape index (κ1) is 10.7. The van der Waals surface area contributed by atoms with E-state index in [0.717, 1.165) is 5.56 Å². The second-order valence-corrected chi connectivity index (χ2v) is 3.64. The Morgan fingerprint density at radius 3 is 2.94 bits per heavy atom. The van der Waals surface area contributed by atoms with Gasteiger partial charge < -0.3 is 10.5 Å². The lowest BCUT2D eigenvalue weighted by Gasteiger charge is -2.07. The van der Waals surface area contributed by atoms with Gasteiger partial charge in [-0.25, -0.2) is 4.98 Å². The molecule has 1 heterocycles. The zero-order valence-corrected chi connectivity index (χ0v) is 9.40. The second-order valence-electron chi connectivity index (χ2n) is 3.30. The van der Waals surface area contributed by atoms with E-state index in [2.05, 4.69) is 9.97 Å². The largest absolute Gasteiger partial charge is 0.439 e. The fourth-order valence-corrected chi connectivity index (χ4v) is 1.32. The number of anilines is 1. The Labute approximate surface area is 98.0 Å². The van der Waals surface area contributed by atoms with Crippen LogP contribution in [0.3, 0.4) is 0 Å². The maximum absolute atomic E-state index is 5.69. The summed E-state index contributed by atoms with van der Waals surface area (Å²) in [4.78, 5) is 7.84. The minimum Gasteiger partial charge on any atom is -0.439 e. The lowest BCUT2D eigenvalue weighted by molar-refractivity contribution is 0.457. The van der Waals surface area contributed by atoms with Crippen LogP contribution in [0.5, 0.6) is 11.6 Å². The van der Waals surface area contributed by atoms with E-state index in [-0.39, 0.29) is 5.28 Å². The molecule has 1 aromatic carbocycles. The topological polar surface area (TPSA) is 61.0 Å². The highest BCUT2D eigenvalue weighted by Crippen LogP contribution is 2.24. The van der Waals surface area contributed by atoms with E-state index in [0.29, 0.717) is 17.3 Å². The van der Waals surface area contributed by atoms with Gasteiger partial charge in [0.25, 0.3) is 0 Å². The van der Waals surface area contributed by atoms with Gasteiger partial charge in [-0.1, -0.05) is 6.07 Å². The molecule has 0 amide bonds. The summed E-state index contributed by atoms with van der Waals surface area (Å²) in [6.45, 7) is 1.85. The van der Waals surface area contributed by atoms with Gasteiger partial charge in [-0.15, -0.1) is 0 Å². The van der Waals surface area contributed by atoms with Crippen molar-refractivity contribution < 1.29 is 4.74 Å². The molecule has 4 nitrogen and oxygen atoms in total. The van der Waals surface area contributed by atoms with Crippen LogP contribution < -0.4 is 10.5 Å². The first-order valence-corrected chi connectivity index (χ1v) is 5.05. The monoisotopic (exact) mass is 235 g/mol. The third-order valence-corrected chi connectivity index (χ3v) is 2.15.